The van der Waals surface area contributed by atoms with Crippen molar-refractivity contribution in [2.45, 2.75) is 37.8 Å². The number of hydrogen-bond acceptors (Lipinski definition) is 5. The molecule has 0 radical (unpaired) electrons. The highest BCUT2D eigenvalue weighted by Gasteiger charge is 2.37. The Labute approximate surface area is 169 Å². The maximum absolute atomic E-state index is 15.1. The van der Waals surface area contributed by atoms with Gasteiger partial charge in [0.15, 0.2) is 11.6 Å². The molecule has 0 unspecified atom stereocenters. The Morgan fingerprint density at radius 2 is 2.00 bits per heavy atom. The zero-order chi connectivity index (χ0) is 21.7. The van der Waals surface area contributed by atoms with Gasteiger partial charge in [0.1, 0.15) is 17.4 Å². The van der Waals surface area contributed by atoms with Gasteiger partial charge in [0.2, 0.25) is 5.43 Å². The van der Waals surface area contributed by atoms with Crippen LogP contribution in [0.2, 0.25) is 0 Å². The molecule has 2 fully saturated rings. The van der Waals surface area contributed by atoms with Gasteiger partial charge in [0.25, 0.3) is 6.43 Å². The monoisotopic (exact) mass is 426 g/mol. The van der Waals surface area contributed by atoms with Gasteiger partial charge >= 0.3 is 5.97 Å². The highest BCUT2D eigenvalue weighted by molar-refractivity contribution is 5.97. The smallest absolute Gasteiger partial charge is 0.341 e. The van der Waals surface area contributed by atoms with Crippen LogP contribution in [0, 0.1) is 11.7 Å². The molecule has 30 heavy (non-hydrogen) atoms. The van der Waals surface area contributed by atoms with Gasteiger partial charge in [0.05, 0.1) is 18.0 Å². The van der Waals surface area contributed by atoms with E-state index in [9.17, 15) is 28.6 Å². The molecule has 2 aromatic rings. The highest BCUT2D eigenvalue weighted by Crippen LogP contribution is 2.44. The predicted octanol–water partition coefficient (Wildman–Crippen LogP) is 2.63. The number of aliphatic hydroxyl groups is 1. The number of hydrogen-bond donors (Lipinski definition) is 2. The van der Waals surface area contributed by atoms with E-state index in [1.165, 1.54) is 18.2 Å². The Balaban J connectivity index is 1.89. The average Bonchev–Trinajstić information content (AvgIpc) is 3.43. The molecule has 7 nitrogen and oxygen atoms in total. The van der Waals surface area contributed by atoms with E-state index in [2.05, 4.69) is 0 Å². The number of rotatable bonds is 6. The number of halogens is 3. The summed E-state index contributed by atoms with van der Waals surface area (Å²) in [7, 11) is 1.31. The van der Waals surface area contributed by atoms with E-state index >= 15 is 4.39 Å². The van der Waals surface area contributed by atoms with Crippen LogP contribution < -0.4 is 15.1 Å². The molecule has 2 heterocycles. The van der Waals surface area contributed by atoms with Crippen molar-refractivity contribution >= 4 is 22.6 Å². The molecule has 0 bridgehead atoms. The molecule has 2 N–H and O–H groups in total. The van der Waals surface area contributed by atoms with Crippen molar-refractivity contribution < 1.29 is 32.9 Å². The fourth-order valence-electron chi connectivity index (χ4n) is 4.20. The lowest BCUT2D eigenvalue weighted by molar-refractivity contribution is -0.0335. The van der Waals surface area contributed by atoms with Crippen LogP contribution in [0.15, 0.2) is 17.1 Å². The van der Waals surface area contributed by atoms with Crippen molar-refractivity contribution in [3.63, 3.8) is 0 Å². The number of anilines is 1. The third kappa shape index (κ3) is 3.28. The van der Waals surface area contributed by atoms with Gasteiger partial charge in [-0.3, -0.25) is 4.79 Å². The third-order valence-electron chi connectivity index (χ3n) is 5.86. The van der Waals surface area contributed by atoms with Crippen LogP contribution >= 0.6 is 0 Å². The summed E-state index contributed by atoms with van der Waals surface area (Å²) in [4.78, 5) is 25.7. The second kappa shape index (κ2) is 7.50. The van der Waals surface area contributed by atoms with Gasteiger partial charge in [-0.2, -0.15) is 0 Å². The fraction of sp³-hybridized carbons (Fsp3) is 0.500. The Hall–Kier alpha value is -2.75. The zero-order valence-corrected chi connectivity index (χ0v) is 16.1. The van der Waals surface area contributed by atoms with Crippen molar-refractivity contribution in [1.29, 1.82) is 0 Å². The number of nitrogens with zero attached hydrogens (tertiary/aromatic N) is 2. The first-order valence-corrected chi connectivity index (χ1v) is 9.64. The van der Waals surface area contributed by atoms with Gasteiger partial charge < -0.3 is 24.4 Å². The molecule has 0 spiro atoms. The number of aliphatic hydroxyl groups excluding tert-OH is 1. The summed E-state index contributed by atoms with van der Waals surface area (Å²) in [6.07, 6.45) is -1.65. The van der Waals surface area contributed by atoms with Crippen molar-refractivity contribution in [3.05, 3.63) is 33.9 Å². The lowest BCUT2D eigenvalue weighted by Crippen LogP contribution is -2.31. The number of alkyl halides is 2. The molecular weight excluding hydrogens is 405 g/mol. The Morgan fingerprint density at radius 3 is 2.57 bits per heavy atom. The first-order valence-electron chi connectivity index (χ1n) is 9.64. The van der Waals surface area contributed by atoms with Gasteiger partial charge in [-0.25, -0.2) is 18.0 Å². The van der Waals surface area contributed by atoms with Crippen LogP contribution in [0.25, 0.3) is 10.9 Å². The molecule has 1 aliphatic heterocycles. The SMILES string of the molecule is COc1c(N2CC[C@@H]([C@H](O)C(F)F)C2)c(F)cc2c(=O)c(C(=O)O)cn(C3CC3)c12. The summed E-state index contributed by atoms with van der Waals surface area (Å²) in [6.45, 7) is 0.235. The zero-order valence-electron chi connectivity index (χ0n) is 16.1. The maximum atomic E-state index is 15.1. The van der Waals surface area contributed by atoms with Gasteiger partial charge in [-0.1, -0.05) is 0 Å². The fourth-order valence-corrected chi connectivity index (χ4v) is 4.20. The summed E-state index contributed by atoms with van der Waals surface area (Å²) >= 11 is 0. The summed E-state index contributed by atoms with van der Waals surface area (Å²) in [5.41, 5.74) is -0.967. The molecular formula is C20H21F3N2O5. The van der Waals surface area contributed by atoms with Crippen LogP contribution in [0.4, 0.5) is 18.9 Å². The Morgan fingerprint density at radius 1 is 1.30 bits per heavy atom. The van der Waals surface area contributed by atoms with E-state index in [1.807, 2.05) is 0 Å². The number of ether oxygens (including phenoxy) is 1. The first-order chi connectivity index (χ1) is 14.2. The molecule has 4 rings (SSSR count). The highest BCUT2D eigenvalue weighted by atomic mass is 19.3. The van der Waals surface area contributed by atoms with E-state index < -0.39 is 41.2 Å². The van der Waals surface area contributed by atoms with Crippen molar-refractivity contribution in [1.82, 2.24) is 4.57 Å². The molecule has 1 aliphatic carbocycles. The predicted molar refractivity (Wildman–Crippen MR) is 102 cm³/mol. The number of aromatic carboxylic acids is 1. The van der Waals surface area contributed by atoms with Crippen molar-refractivity contribution in [2.24, 2.45) is 5.92 Å². The summed E-state index contributed by atoms with van der Waals surface area (Å²) in [5, 5.41) is 19.0. The number of methoxy groups -OCH3 is 1. The van der Waals surface area contributed by atoms with Crippen molar-refractivity contribution in [3.8, 4) is 5.75 Å². The van der Waals surface area contributed by atoms with E-state index in [0.717, 1.165) is 18.9 Å². The molecule has 0 amide bonds. The maximum Gasteiger partial charge on any atom is 0.341 e. The molecule has 2 atom stereocenters. The van der Waals surface area contributed by atoms with E-state index in [1.54, 1.807) is 4.57 Å². The quantitative estimate of drug-likeness (QED) is 0.738. The normalized spacial score (nSPS) is 20.2. The number of carboxylic acids is 1. The molecule has 162 valence electrons. The van der Waals surface area contributed by atoms with Crippen LogP contribution in [-0.2, 0) is 0 Å². The van der Waals surface area contributed by atoms with Crippen LogP contribution in [-0.4, -0.2) is 53.5 Å². The number of carboxylic acid groups (broad SMARTS) is 1. The second-order valence-corrected chi connectivity index (χ2v) is 7.77. The summed E-state index contributed by atoms with van der Waals surface area (Å²) in [6, 6.07) is 0.947. The topological polar surface area (TPSA) is 92.0 Å². The standard InChI is InChI=1S/C20H21F3N2O5/c1-30-18-14-11(17(27)12(20(28)29)8-25(14)10-2-3-10)6-13(21)15(18)24-5-4-9(7-24)16(26)19(22)23/h6,8-10,16,19,26H,2-5,7H2,1H3,(H,28,29)/t9-,16+/m1/s1. The molecule has 1 aromatic carbocycles. The first kappa shape index (κ1) is 20.5. The van der Waals surface area contributed by atoms with Gasteiger partial charge in [-0.15, -0.1) is 0 Å². The summed E-state index contributed by atoms with van der Waals surface area (Å²) in [5.74, 6) is -2.89. The van der Waals surface area contributed by atoms with E-state index in [4.69, 9.17) is 4.74 Å². The molecule has 1 aromatic heterocycles. The van der Waals surface area contributed by atoms with Crippen LogP contribution in [0.3, 0.4) is 0 Å². The second-order valence-electron chi connectivity index (χ2n) is 7.77. The van der Waals surface area contributed by atoms with Crippen LogP contribution in [0.1, 0.15) is 35.7 Å². The Kier molecular flexibility index (Phi) is 5.13. The lowest BCUT2D eigenvalue weighted by atomic mass is 10.0. The number of pyridine rings is 1. The number of carbonyl (C=O) groups is 1. The minimum absolute atomic E-state index is 0.00512. The minimum atomic E-state index is -2.90. The molecule has 1 saturated heterocycles. The summed E-state index contributed by atoms with van der Waals surface area (Å²) < 4.78 is 48.0. The molecule has 2 aliphatic rings. The number of aromatic nitrogens is 1. The Bertz CT molecular complexity index is 1070. The third-order valence-corrected chi connectivity index (χ3v) is 5.86. The number of fused-ring (bicyclic) bond motifs is 1. The van der Waals surface area contributed by atoms with E-state index in [-0.39, 0.29) is 47.9 Å². The average molecular weight is 426 g/mol. The largest absolute Gasteiger partial charge is 0.492 e. The number of benzene rings is 1. The molecule has 10 heteroatoms. The lowest BCUT2D eigenvalue weighted by Gasteiger charge is -2.25. The minimum Gasteiger partial charge on any atom is -0.492 e. The molecule has 1 saturated carbocycles. The van der Waals surface area contributed by atoms with E-state index in [0.29, 0.717) is 0 Å². The van der Waals surface area contributed by atoms with Gasteiger partial charge in [-0.05, 0) is 25.3 Å². The van der Waals surface area contributed by atoms with Crippen molar-refractivity contribution in [2.75, 3.05) is 25.1 Å². The van der Waals surface area contributed by atoms with Gasteiger partial charge in [0, 0.05) is 31.2 Å². The van der Waals surface area contributed by atoms with Crippen LogP contribution in [0.5, 0.6) is 5.75 Å².